The lowest BCUT2D eigenvalue weighted by atomic mass is 10.1. The average molecular weight is 275 g/mol. The van der Waals surface area contributed by atoms with E-state index in [-0.39, 0.29) is 5.91 Å². The number of amides is 3. The van der Waals surface area contributed by atoms with Gasteiger partial charge in [0.05, 0.1) is 0 Å². The first kappa shape index (κ1) is 14.4. The highest BCUT2D eigenvalue weighted by atomic mass is 16.2. The summed E-state index contributed by atoms with van der Waals surface area (Å²) in [7, 11) is 0. The second-order valence-corrected chi connectivity index (χ2v) is 5.05. The SMILES string of the molecule is CCNC(=O)NC(=O)[C@H](C)Nc1ccc2c(c1)CCC2. The maximum Gasteiger partial charge on any atom is 0.321 e. The molecule has 0 unspecified atom stereocenters. The van der Waals surface area contributed by atoms with E-state index in [9.17, 15) is 9.59 Å². The van der Waals surface area contributed by atoms with Crippen LogP contribution in [0, 0.1) is 0 Å². The minimum Gasteiger partial charge on any atom is -0.374 e. The number of carbonyl (C=O) groups is 2. The van der Waals surface area contributed by atoms with Crippen LogP contribution in [-0.4, -0.2) is 24.5 Å². The summed E-state index contributed by atoms with van der Waals surface area (Å²) in [5, 5.41) is 7.96. The summed E-state index contributed by atoms with van der Waals surface area (Å²) in [6.45, 7) is 4.03. The van der Waals surface area contributed by atoms with Gasteiger partial charge in [-0.05, 0) is 56.4 Å². The van der Waals surface area contributed by atoms with Gasteiger partial charge in [0.2, 0.25) is 5.91 Å². The van der Waals surface area contributed by atoms with Gasteiger partial charge in [-0.15, -0.1) is 0 Å². The Bertz CT molecular complexity index is 514. The molecule has 0 saturated carbocycles. The van der Waals surface area contributed by atoms with E-state index in [2.05, 4.69) is 28.1 Å². The first-order valence-electron chi connectivity index (χ1n) is 7.07. The molecule has 1 aromatic rings. The number of nitrogens with one attached hydrogen (secondary N) is 3. The number of imide groups is 1. The number of aryl methyl sites for hydroxylation is 2. The molecule has 2 rings (SSSR count). The topological polar surface area (TPSA) is 70.2 Å². The van der Waals surface area contributed by atoms with Gasteiger partial charge in [0.25, 0.3) is 0 Å². The maximum atomic E-state index is 11.8. The van der Waals surface area contributed by atoms with Crippen molar-refractivity contribution < 1.29 is 9.59 Å². The molecule has 0 fully saturated rings. The molecule has 0 saturated heterocycles. The number of benzene rings is 1. The van der Waals surface area contributed by atoms with Gasteiger partial charge in [-0.2, -0.15) is 0 Å². The molecular weight excluding hydrogens is 254 g/mol. The Morgan fingerprint density at radius 3 is 2.75 bits per heavy atom. The zero-order valence-corrected chi connectivity index (χ0v) is 12.0. The molecule has 20 heavy (non-hydrogen) atoms. The van der Waals surface area contributed by atoms with E-state index in [1.165, 1.54) is 17.5 Å². The average Bonchev–Trinajstić information content (AvgIpc) is 2.86. The summed E-state index contributed by atoms with van der Waals surface area (Å²) in [5.74, 6) is -0.337. The monoisotopic (exact) mass is 275 g/mol. The number of hydrogen-bond donors (Lipinski definition) is 3. The smallest absolute Gasteiger partial charge is 0.321 e. The van der Waals surface area contributed by atoms with Gasteiger partial charge >= 0.3 is 6.03 Å². The molecule has 5 nitrogen and oxygen atoms in total. The second kappa shape index (κ2) is 6.41. The highest BCUT2D eigenvalue weighted by Crippen LogP contribution is 2.25. The number of rotatable bonds is 4. The number of hydrogen-bond acceptors (Lipinski definition) is 3. The molecule has 0 spiro atoms. The van der Waals surface area contributed by atoms with Crippen LogP contribution in [0.3, 0.4) is 0 Å². The molecular formula is C15H21N3O2. The van der Waals surface area contributed by atoms with Crippen LogP contribution in [0.15, 0.2) is 18.2 Å². The summed E-state index contributed by atoms with van der Waals surface area (Å²) in [6, 6.07) is 5.27. The number of urea groups is 1. The van der Waals surface area contributed by atoms with Crippen LogP contribution >= 0.6 is 0 Å². The van der Waals surface area contributed by atoms with Crippen molar-refractivity contribution in [1.82, 2.24) is 10.6 Å². The van der Waals surface area contributed by atoms with Crippen molar-refractivity contribution in [3.05, 3.63) is 29.3 Å². The van der Waals surface area contributed by atoms with E-state index >= 15 is 0 Å². The Hall–Kier alpha value is -2.04. The Labute approximate surface area is 119 Å². The molecule has 0 aliphatic heterocycles. The van der Waals surface area contributed by atoms with Gasteiger partial charge in [-0.1, -0.05) is 6.07 Å². The van der Waals surface area contributed by atoms with Gasteiger partial charge in [0.15, 0.2) is 0 Å². The van der Waals surface area contributed by atoms with Crippen molar-refractivity contribution in [3.8, 4) is 0 Å². The Kier molecular flexibility index (Phi) is 4.61. The van der Waals surface area contributed by atoms with E-state index in [4.69, 9.17) is 0 Å². The fraction of sp³-hybridized carbons (Fsp3) is 0.467. The fourth-order valence-electron chi connectivity index (χ4n) is 2.40. The third kappa shape index (κ3) is 3.50. The standard InChI is InChI=1S/C15H21N3O2/c1-3-16-15(20)18-14(19)10(2)17-13-8-7-11-5-4-6-12(11)9-13/h7-10,17H,3-6H2,1-2H3,(H2,16,18,19,20)/t10-/m0/s1. The lowest BCUT2D eigenvalue weighted by molar-refractivity contribution is -0.120. The molecule has 0 radical (unpaired) electrons. The zero-order valence-electron chi connectivity index (χ0n) is 12.0. The molecule has 0 heterocycles. The normalized spacial score (nSPS) is 14.3. The second-order valence-electron chi connectivity index (χ2n) is 5.05. The van der Waals surface area contributed by atoms with E-state index in [1.807, 2.05) is 6.07 Å². The maximum absolute atomic E-state index is 11.8. The molecule has 1 aliphatic rings. The molecule has 0 aromatic heterocycles. The first-order valence-corrected chi connectivity index (χ1v) is 7.07. The van der Waals surface area contributed by atoms with Crippen LogP contribution in [0.4, 0.5) is 10.5 Å². The van der Waals surface area contributed by atoms with Gasteiger partial charge in [0, 0.05) is 12.2 Å². The minimum atomic E-state index is -0.461. The minimum absolute atomic E-state index is 0.337. The lowest BCUT2D eigenvalue weighted by Gasteiger charge is -2.15. The summed E-state index contributed by atoms with van der Waals surface area (Å²) in [6.07, 6.45) is 3.44. The van der Waals surface area contributed by atoms with Gasteiger partial charge in [-0.25, -0.2) is 4.79 Å². The summed E-state index contributed by atoms with van der Waals surface area (Å²) in [5.41, 5.74) is 3.67. The Morgan fingerprint density at radius 1 is 1.25 bits per heavy atom. The van der Waals surface area contributed by atoms with Gasteiger partial charge in [0.1, 0.15) is 6.04 Å². The highest BCUT2D eigenvalue weighted by Gasteiger charge is 2.16. The summed E-state index contributed by atoms with van der Waals surface area (Å²) >= 11 is 0. The fourth-order valence-corrected chi connectivity index (χ4v) is 2.40. The third-order valence-corrected chi connectivity index (χ3v) is 3.45. The number of anilines is 1. The quantitative estimate of drug-likeness (QED) is 0.785. The van der Waals surface area contributed by atoms with E-state index in [0.29, 0.717) is 6.54 Å². The van der Waals surface area contributed by atoms with Crippen molar-refractivity contribution in [2.75, 3.05) is 11.9 Å². The van der Waals surface area contributed by atoms with E-state index in [0.717, 1.165) is 18.5 Å². The van der Waals surface area contributed by atoms with E-state index in [1.54, 1.807) is 13.8 Å². The van der Waals surface area contributed by atoms with E-state index < -0.39 is 12.1 Å². The van der Waals surface area contributed by atoms with Crippen molar-refractivity contribution in [2.45, 2.75) is 39.2 Å². The van der Waals surface area contributed by atoms with Crippen LogP contribution in [0.2, 0.25) is 0 Å². The van der Waals surface area contributed by atoms with Gasteiger partial charge < -0.3 is 10.6 Å². The summed E-state index contributed by atoms with van der Waals surface area (Å²) < 4.78 is 0. The van der Waals surface area contributed by atoms with Crippen LogP contribution in [0.25, 0.3) is 0 Å². The molecule has 0 bridgehead atoms. The number of fused-ring (bicyclic) bond motifs is 1. The van der Waals surface area contributed by atoms with Gasteiger partial charge in [-0.3, -0.25) is 10.1 Å². The van der Waals surface area contributed by atoms with Crippen LogP contribution in [0.5, 0.6) is 0 Å². The largest absolute Gasteiger partial charge is 0.374 e. The predicted octanol–water partition coefficient (Wildman–Crippen LogP) is 1.82. The third-order valence-electron chi connectivity index (χ3n) is 3.45. The van der Waals surface area contributed by atoms with Crippen LogP contribution in [0.1, 0.15) is 31.4 Å². The van der Waals surface area contributed by atoms with Crippen LogP contribution < -0.4 is 16.0 Å². The molecule has 1 atom stereocenters. The lowest BCUT2D eigenvalue weighted by Crippen LogP contribution is -2.45. The van der Waals surface area contributed by atoms with Crippen molar-refractivity contribution in [1.29, 1.82) is 0 Å². The zero-order chi connectivity index (χ0) is 14.5. The summed E-state index contributed by atoms with van der Waals surface area (Å²) in [4.78, 5) is 23.1. The molecule has 1 aliphatic carbocycles. The molecule has 3 N–H and O–H groups in total. The molecule has 3 amide bonds. The highest BCUT2D eigenvalue weighted by molar-refractivity contribution is 5.97. The molecule has 1 aromatic carbocycles. The van der Waals surface area contributed by atoms with Crippen molar-refractivity contribution >= 4 is 17.6 Å². The van der Waals surface area contributed by atoms with Crippen molar-refractivity contribution in [3.63, 3.8) is 0 Å². The molecule has 108 valence electrons. The predicted molar refractivity (Wildman–Crippen MR) is 78.8 cm³/mol. The first-order chi connectivity index (χ1) is 9.60. The Morgan fingerprint density at radius 2 is 2.00 bits per heavy atom. The van der Waals surface area contributed by atoms with Crippen LogP contribution in [-0.2, 0) is 17.6 Å². The number of carbonyl (C=O) groups excluding carboxylic acids is 2. The van der Waals surface area contributed by atoms with Crippen molar-refractivity contribution in [2.24, 2.45) is 0 Å². The Balaban J connectivity index is 1.92. The molecule has 5 heteroatoms.